The molecule has 0 spiro atoms. The van der Waals surface area contributed by atoms with Crippen LogP contribution in [-0.2, 0) is 4.79 Å². The molecule has 0 aliphatic rings. The first-order chi connectivity index (χ1) is 8.99. The number of carbonyl (C=O) groups excluding carboxylic acids is 1. The summed E-state index contributed by atoms with van der Waals surface area (Å²) in [6, 6.07) is 3.83. The van der Waals surface area contributed by atoms with Gasteiger partial charge in [0.2, 0.25) is 5.91 Å². The molecule has 1 aromatic rings. The van der Waals surface area contributed by atoms with Crippen LogP contribution in [0.1, 0.15) is 45.1 Å². The van der Waals surface area contributed by atoms with Crippen molar-refractivity contribution in [3.8, 4) is 0 Å². The summed E-state index contributed by atoms with van der Waals surface area (Å²) < 4.78 is 0.838. The number of amides is 1. The van der Waals surface area contributed by atoms with Crippen molar-refractivity contribution in [2.45, 2.75) is 46.5 Å². The predicted octanol–water partition coefficient (Wildman–Crippen LogP) is 4.49. The number of anilines is 2. The Morgan fingerprint density at radius 2 is 1.89 bits per heavy atom. The van der Waals surface area contributed by atoms with Crippen LogP contribution in [0.5, 0.6) is 0 Å². The Bertz CT molecular complexity index is 417. The number of benzene rings is 1. The number of nitrogens with two attached hydrogens (primary N) is 1. The Labute approximate surface area is 124 Å². The van der Waals surface area contributed by atoms with Gasteiger partial charge >= 0.3 is 0 Å². The lowest BCUT2D eigenvalue weighted by atomic mass is 9.97. The summed E-state index contributed by atoms with van der Waals surface area (Å²) in [6.07, 6.45) is 3.87. The molecular weight excluding hydrogens is 304 g/mol. The molecule has 0 radical (unpaired) electrons. The molecular formula is C15H23BrN2O. The van der Waals surface area contributed by atoms with Crippen molar-refractivity contribution in [2.75, 3.05) is 11.1 Å². The molecule has 0 aliphatic heterocycles. The van der Waals surface area contributed by atoms with Crippen molar-refractivity contribution < 1.29 is 4.79 Å². The molecule has 19 heavy (non-hydrogen) atoms. The number of nitrogen functional groups attached to an aromatic ring is 1. The van der Waals surface area contributed by atoms with Crippen LogP contribution in [0.3, 0.4) is 0 Å². The normalized spacial score (nSPS) is 10.8. The highest BCUT2D eigenvalue weighted by atomic mass is 79.9. The van der Waals surface area contributed by atoms with Gasteiger partial charge < -0.3 is 11.1 Å². The van der Waals surface area contributed by atoms with E-state index in [9.17, 15) is 4.79 Å². The van der Waals surface area contributed by atoms with Gasteiger partial charge in [-0.3, -0.25) is 4.79 Å². The highest BCUT2D eigenvalue weighted by Gasteiger charge is 2.18. The predicted molar refractivity (Wildman–Crippen MR) is 85.2 cm³/mol. The maximum atomic E-state index is 12.3. The highest BCUT2D eigenvalue weighted by Crippen LogP contribution is 2.31. The fourth-order valence-electron chi connectivity index (χ4n) is 2.23. The van der Waals surface area contributed by atoms with Gasteiger partial charge in [0.25, 0.3) is 0 Å². The molecule has 3 N–H and O–H groups in total. The van der Waals surface area contributed by atoms with Crippen LogP contribution < -0.4 is 11.1 Å². The highest BCUT2D eigenvalue weighted by molar-refractivity contribution is 9.10. The summed E-state index contributed by atoms with van der Waals surface area (Å²) in [5.41, 5.74) is 8.34. The van der Waals surface area contributed by atoms with Crippen LogP contribution in [0.2, 0.25) is 0 Å². The SMILES string of the molecule is CCCC(CCC)C(=O)Nc1c(N)cc(C)cc1Br. The van der Waals surface area contributed by atoms with E-state index in [1.807, 2.05) is 19.1 Å². The van der Waals surface area contributed by atoms with Gasteiger partial charge in [-0.25, -0.2) is 0 Å². The van der Waals surface area contributed by atoms with Crippen LogP contribution in [0.25, 0.3) is 0 Å². The van der Waals surface area contributed by atoms with E-state index in [2.05, 4.69) is 35.1 Å². The first-order valence-corrected chi connectivity index (χ1v) is 7.65. The number of hydrogen-bond acceptors (Lipinski definition) is 2. The Balaban J connectivity index is 2.86. The van der Waals surface area contributed by atoms with E-state index in [0.29, 0.717) is 11.4 Å². The van der Waals surface area contributed by atoms with Gasteiger partial charge in [-0.05, 0) is 53.4 Å². The van der Waals surface area contributed by atoms with Crippen LogP contribution in [0.15, 0.2) is 16.6 Å². The molecule has 0 fully saturated rings. The number of aryl methyl sites for hydroxylation is 1. The van der Waals surface area contributed by atoms with Crippen LogP contribution in [-0.4, -0.2) is 5.91 Å². The molecule has 0 atom stereocenters. The molecule has 0 aliphatic carbocycles. The van der Waals surface area contributed by atoms with E-state index in [1.165, 1.54) is 0 Å². The minimum atomic E-state index is 0.0694. The quantitative estimate of drug-likeness (QED) is 0.756. The molecule has 106 valence electrons. The summed E-state index contributed by atoms with van der Waals surface area (Å²) in [5, 5.41) is 2.96. The summed E-state index contributed by atoms with van der Waals surface area (Å²) >= 11 is 3.46. The second-order valence-corrected chi connectivity index (χ2v) is 5.83. The third-order valence-corrected chi connectivity index (χ3v) is 3.78. The van der Waals surface area contributed by atoms with Gasteiger partial charge in [-0.2, -0.15) is 0 Å². The summed E-state index contributed by atoms with van der Waals surface area (Å²) in [4.78, 5) is 12.3. The van der Waals surface area contributed by atoms with E-state index in [4.69, 9.17) is 5.73 Å². The molecule has 1 amide bonds. The Kier molecular flexibility index (Phi) is 6.35. The molecule has 0 saturated heterocycles. The summed E-state index contributed by atoms with van der Waals surface area (Å²) in [6.45, 7) is 6.18. The third kappa shape index (κ3) is 4.53. The van der Waals surface area contributed by atoms with Crippen molar-refractivity contribution in [3.05, 3.63) is 22.2 Å². The zero-order valence-corrected chi connectivity index (χ0v) is 13.5. The Morgan fingerprint density at radius 3 is 2.37 bits per heavy atom. The third-order valence-electron chi connectivity index (χ3n) is 3.16. The number of nitrogens with one attached hydrogen (secondary N) is 1. The fourth-order valence-corrected chi connectivity index (χ4v) is 2.92. The standard InChI is InChI=1S/C15H23BrN2O/c1-4-6-11(7-5-2)15(19)18-14-12(16)8-10(3)9-13(14)17/h8-9,11H,4-7,17H2,1-3H3,(H,18,19). The largest absolute Gasteiger partial charge is 0.397 e. The van der Waals surface area contributed by atoms with Crippen LogP contribution >= 0.6 is 15.9 Å². The number of hydrogen-bond donors (Lipinski definition) is 2. The zero-order chi connectivity index (χ0) is 14.4. The first-order valence-electron chi connectivity index (χ1n) is 6.86. The molecule has 1 aromatic carbocycles. The molecule has 0 aromatic heterocycles. The van der Waals surface area contributed by atoms with E-state index in [1.54, 1.807) is 0 Å². The lowest BCUT2D eigenvalue weighted by Crippen LogP contribution is -2.23. The molecule has 0 bridgehead atoms. The van der Waals surface area contributed by atoms with E-state index >= 15 is 0 Å². The van der Waals surface area contributed by atoms with E-state index in [0.717, 1.165) is 35.7 Å². The molecule has 0 unspecified atom stereocenters. The lowest BCUT2D eigenvalue weighted by Gasteiger charge is -2.17. The average Bonchev–Trinajstić information content (AvgIpc) is 2.33. The molecule has 3 nitrogen and oxygen atoms in total. The van der Waals surface area contributed by atoms with Gasteiger partial charge in [-0.1, -0.05) is 26.7 Å². The molecule has 1 rings (SSSR count). The number of carbonyl (C=O) groups is 1. The number of rotatable bonds is 6. The van der Waals surface area contributed by atoms with Crippen molar-refractivity contribution in [1.82, 2.24) is 0 Å². The summed E-state index contributed by atoms with van der Waals surface area (Å²) in [7, 11) is 0. The minimum Gasteiger partial charge on any atom is -0.397 e. The second kappa shape index (κ2) is 7.53. The van der Waals surface area contributed by atoms with Gasteiger partial charge in [-0.15, -0.1) is 0 Å². The van der Waals surface area contributed by atoms with Crippen molar-refractivity contribution in [3.63, 3.8) is 0 Å². The smallest absolute Gasteiger partial charge is 0.227 e. The second-order valence-electron chi connectivity index (χ2n) is 4.97. The summed E-state index contributed by atoms with van der Waals surface area (Å²) in [5.74, 6) is 0.141. The van der Waals surface area contributed by atoms with Gasteiger partial charge in [0, 0.05) is 10.4 Å². The van der Waals surface area contributed by atoms with Gasteiger partial charge in [0.05, 0.1) is 11.4 Å². The van der Waals surface area contributed by atoms with Crippen LogP contribution in [0.4, 0.5) is 11.4 Å². The van der Waals surface area contributed by atoms with Crippen molar-refractivity contribution in [2.24, 2.45) is 5.92 Å². The van der Waals surface area contributed by atoms with E-state index in [-0.39, 0.29) is 11.8 Å². The average molecular weight is 327 g/mol. The molecule has 0 saturated carbocycles. The number of halogens is 1. The Morgan fingerprint density at radius 1 is 1.32 bits per heavy atom. The lowest BCUT2D eigenvalue weighted by molar-refractivity contribution is -0.120. The molecule has 0 heterocycles. The Hall–Kier alpha value is -1.03. The first kappa shape index (κ1) is 16.0. The topological polar surface area (TPSA) is 55.1 Å². The minimum absolute atomic E-state index is 0.0694. The van der Waals surface area contributed by atoms with Crippen molar-refractivity contribution >= 4 is 33.2 Å². The molecule has 4 heteroatoms. The zero-order valence-electron chi connectivity index (χ0n) is 11.9. The van der Waals surface area contributed by atoms with Gasteiger partial charge in [0.15, 0.2) is 0 Å². The maximum absolute atomic E-state index is 12.3. The van der Waals surface area contributed by atoms with Crippen LogP contribution in [0, 0.1) is 12.8 Å². The monoisotopic (exact) mass is 326 g/mol. The van der Waals surface area contributed by atoms with E-state index < -0.39 is 0 Å². The maximum Gasteiger partial charge on any atom is 0.227 e. The van der Waals surface area contributed by atoms with Crippen molar-refractivity contribution in [1.29, 1.82) is 0 Å². The fraction of sp³-hybridized carbons (Fsp3) is 0.533. The van der Waals surface area contributed by atoms with Gasteiger partial charge in [0.1, 0.15) is 0 Å².